The number of carbonyl (C=O) groups is 1. The van der Waals surface area contributed by atoms with Gasteiger partial charge >= 0.3 is 6.03 Å². The fourth-order valence-corrected chi connectivity index (χ4v) is 1.55. The highest BCUT2D eigenvalue weighted by molar-refractivity contribution is 9.10. The number of rotatable bonds is 2. The number of carbonyl (C=O) groups excluding carboxylic acids is 1. The minimum Gasteiger partial charge on any atom is -0.508 e. The van der Waals surface area contributed by atoms with Gasteiger partial charge in [-0.15, -0.1) is 0 Å². The lowest BCUT2D eigenvalue weighted by atomic mass is 10.3. The smallest absolute Gasteiger partial charge is 0.324 e. The van der Waals surface area contributed by atoms with Crippen LogP contribution in [0.3, 0.4) is 0 Å². The number of phenolic OH excluding ortho intramolecular Hbond substituents is 1. The van der Waals surface area contributed by atoms with Gasteiger partial charge in [0.2, 0.25) is 0 Å². The molecule has 6 heteroatoms. The number of hydrogen-bond acceptors (Lipinski definition) is 3. The van der Waals surface area contributed by atoms with Crippen LogP contribution in [-0.4, -0.2) is 16.1 Å². The number of aromatic nitrogens is 1. The molecule has 1 aromatic carbocycles. The van der Waals surface area contributed by atoms with Crippen LogP contribution < -0.4 is 10.6 Å². The van der Waals surface area contributed by atoms with Gasteiger partial charge in [-0.2, -0.15) is 0 Å². The van der Waals surface area contributed by atoms with Crippen LogP contribution in [0, 0.1) is 0 Å². The lowest BCUT2D eigenvalue weighted by Crippen LogP contribution is -2.19. The molecule has 92 valence electrons. The molecule has 0 radical (unpaired) electrons. The molecule has 1 aromatic heterocycles. The summed E-state index contributed by atoms with van der Waals surface area (Å²) in [5.74, 6) is 0.533. The molecular weight excluding hydrogens is 298 g/mol. The first kappa shape index (κ1) is 12.4. The number of phenols is 1. The molecule has 0 saturated carbocycles. The van der Waals surface area contributed by atoms with E-state index in [1.54, 1.807) is 30.5 Å². The van der Waals surface area contributed by atoms with Crippen molar-refractivity contribution in [2.24, 2.45) is 0 Å². The van der Waals surface area contributed by atoms with Gasteiger partial charge in [0.25, 0.3) is 0 Å². The van der Waals surface area contributed by atoms with Crippen LogP contribution >= 0.6 is 15.9 Å². The minimum atomic E-state index is -0.421. The van der Waals surface area contributed by atoms with Crippen molar-refractivity contribution >= 4 is 33.5 Å². The van der Waals surface area contributed by atoms with E-state index in [1.165, 1.54) is 12.1 Å². The van der Waals surface area contributed by atoms with Crippen molar-refractivity contribution in [3.8, 4) is 5.75 Å². The molecule has 0 atom stereocenters. The molecule has 0 spiro atoms. The van der Waals surface area contributed by atoms with E-state index in [0.29, 0.717) is 11.5 Å². The number of hydrogen-bond donors (Lipinski definition) is 3. The Balaban J connectivity index is 1.98. The standard InChI is InChI=1S/C12H10BrN3O2/c13-8-4-5-11(14-7-8)16-12(18)15-9-2-1-3-10(17)6-9/h1-7,17H,(H2,14,15,16,18). The summed E-state index contributed by atoms with van der Waals surface area (Å²) in [7, 11) is 0. The monoisotopic (exact) mass is 307 g/mol. The van der Waals surface area contributed by atoms with E-state index in [4.69, 9.17) is 0 Å². The maximum absolute atomic E-state index is 11.6. The first-order chi connectivity index (χ1) is 8.63. The van der Waals surface area contributed by atoms with Crippen LogP contribution in [0.4, 0.5) is 16.3 Å². The Morgan fingerprint density at radius 1 is 1.22 bits per heavy atom. The third-order valence-corrected chi connectivity index (χ3v) is 2.54. The van der Waals surface area contributed by atoms with Gasteiger partial charge in [0.1, 0.15) is 11.6 Å². The molecule has 0 saturated heterocycles. The Labute approximate surface area is 112 Å². The van der Waals surface area contributed by atoms with E-state index in [1.807, 2.05) is 0 Å². The zero-order chi connectivity index (χ0) is 13.0. The summed E-state index contributed by atoms with van der Waals surface area (Å²) in [4.78, 5) is 15.6. The molecule has 0 aliphatic carbocycles. The van der Waals surface area contributed by atoms with Gasteiger partial charge < -0.3 is 10.4 Å². The highest BCUT2D eigenvalue weighted by Gasteiger charge is 2.03. The molecule has 3 N–H and O–H groups in total. The SMILES string of the molecule is O=C(Nc1cccc(O)c1)Nc1ccc(Br)cn1. The summed E-state index contributed by atoms with van der Waals surface area (Å²) in [5.41, 5.74) is 0.504. The van der Waals surface area contributed by atoms with Gasteiger partial charge in [0.05, 0.1) is 0 Å². The molecule has 2 amide bonds. The summed E-state index contributed by atoms with van der Waals surface area (Å²) in [5, 5.41) is 14.4. The fourth-order valence-electron chi connectivity index (χ4n) is 1.31. The van der Waals surface area contributed by atoms with Crippen molar-refractivity contribution < 1.29 is 9.90 Å². The van der Waals surface area contributed by atoms with Gasteiger partial charge in [-0.05, 0) is 40.2 Å². The average molecular weight is 308 g/mol. The van der Waals surface area contributed by atoms with Crippen molar-refractivity contribution in [1.29, 1.82) is 0 Å². The van der Waals surface area contributed by atoms with Crippen LogP contribution in [0.25, 0.3) is 0 Å². The van der Waals surface area contributed by atoms with E-state index < -0.39 is 6.03 Å². The second-order valence-electron chi connectivity index (χ2n) is 3.49. The second-order valence-corrected chi connectivity index (χ2v) is 4.41. The Bertz CT molecular complexity index is 558. The van der Waals surface area contributed by atoms with Gasteiger partial charge in [-0.1, -0.05) is 6.07 Å². The average Bonchev–Trinajstić information content (AvgIpc) is 2.32. The third-order valence-electron chi connectivity index (χ3n) is 2.07. The number of benzene rings is 1. The molecule has 1 heterocycles. The zero-order valence-corrected chi connectivity index (χ0v) is 10.8. The van der Waals surface area contributed by atoms with Crippen molar-refractivity contribution in [3.05, 3.63) is 47.1 Å². The fraction of sp³-hybridized carbons (Fsp3) is 0. The van der Waals surface area contributed by atoms with E-state index in [-0.39, 0.29) is 5.75 Å². The highest BCUT2D eigenvalue weighted by Crippen LogP contribution is 2.16. The van der Waals surface area contributed by atoms with Gasteiger partial charge in [0, 0.05) is 22.4 Å². The van der Waals surface area contributed by atoms with E-state index in [9.17, 15) is 9.90 Å². The van der Waals surface area contributed by atoms with Crippen molar-refractivity contribution in [2.45, 2.75) is 0 Å². The van der Waals surface area contributed by atoms with Gasteiger partial charge in [0.15, 0.2) is 0 Å². The number of aromatic hydroxyl groups is 1. The summed E-state index contributed by atoms with van der Waals surface area (Å²) in [6, 6.07) is 9.32. The maximum atomic E-state index is 11.6. The van der Waals surface area contributed by atoms with Crippen molar-refractivity contribution in [2.75, 3.05) is 10.6 Å². The summed E-state index contributed by atoms with van der Waals surface area (Å²) in [6.45, 7) is 0. The predicted octanol–water partition coefficient (Wildman–Crippen LogP) is 3.19. The number of pyridine rings is 1. The molecule has 0 unspecified atom stereocenters. The molecule has 0 aliphatic rings. The molecule has 2 rings (SSSR count). The normalized spacial score (nSPS) is 9.83. The number of urea groups is 1. The van der Waals surface area contributed by atoms with Crippen LogP contribution in [0.15, 0.2) is 47.1 Å². The molecule has 2 aromatic rings. The number of halogens is 1. The highest BCUT2D eigenvalue weighted by atomic mass is 79.9. The lowest BCUT2D eigenvalue weighted by molar-refractivity contribution is 0.262. The third kappa shape index (κ3) is 3.46. The van der Waals surface area contributed by atoms with Crippen molar-refractivity contribution in [1.82, 2.24) is 4.98 Å². The van der Waals surface area contributed by atoms with Crippen molar-refractivity contribution in [3.63, 3.8) is 0 Å². The summed E-state index contributed by atoms with van der Waals surface area (Å²) < 4.78 is 0.835. The molecule has 0 bridgehead atoms. The predicted molar refractivity (Wildman–Crippen MR) is 72.7 cm³/mol. The van der Waals surface area contributed by atoms with Gasteiger partial charge in [-0.25, -0.2) is 9.78 Å². The van der Waals surface area contributed by atoms with E-state index in [2.05, 4.69) is 31.5 Å². The first-order valence-electron chi connectivity index (χ1n) is 5.12. The first-order valence-corrected chi connectivity index (χ1v) is 5.91. The number of amides is 2. The van der Waals surface area contributed by atoms with Crippen LogP contribution in [0.1, 0.15) is 0 Å². The molecule has 18 heavy (non-hydrogen) atoms. The lowest BCUT2D eigenvalue weighted by Gasteiger charge is -2.07. The maximum Gasteiger partial charge on any atom is 0.324 e. The number of anilines is 2. The topological polar surface area (TPSA) is 74.2 Å². The molecule has 5 nitrogen and oxygen atoms in total. The van der Waals surface area contributed by atoms with Crippen LogP contribution in [0.5, 0.6) is 5.75 Å². The quantitative estimate of drug-likeness (QED) is 0.797. The van der Waals surface area contributed by atoms with E-state index >= 15 is 0 Å². The molecule has 0 aliphatic heterocycles. The van der Waals surface area contributed by atoms with Crippen LogP contribution in [0.2, 0.25) is 0 Å². The summed E-state index contributed by atoms with van der Waals surface area (Å²) >= 11 is 3.25. The Morgan fingerprint density at radius 2 is 2.06 bits per heavy atom. The number of nitrogens with zero attached hydrogens (tertiary/aromatic N) is 1. The van der Waals surface area contributed by atoms with Crippen LogP contribution in [-0.2, 0) is 0 Å². The van der Waals surface area contributed by atoms with E-state index in [0.717, 1.165) is 4.47 Å². The largest absolute Gasteiger partial charge is 0.508 e. The number of nitrogens with one attached hydrogen (secondary N) is 2. The molecular formula is C12H10BrN3O2. The zero-order valence-electron chi connectivity index (χ0n) is 9.22. The van der Waals surface area contributed by atoms with Gasteiger partial charge in [-0.3, -0.25) is 5.32 Å². The minimum absolute atomic E-state index is 0.0922. The Kier molecular flexibility index (Phi) is 3.78. The second kappa shape index (κ2) is 5.50. The molecule has 0 fully saturated rings. The summed E-state index contributed by atoms with van der Waals surface area (Å²) in [6.07, 6.45) is 1.59. The Morgan fingerprint density at radius 3 is 2.72 bits per heavy atom. The Hall–Kier alpha value is -2.08.